The van der Waals surface area contributed by atoms with Gasteiger partial charge in [0.1, 0.15) is 0 Å². The van der Waals surface area contributed by atoms with E-state index in [1.807, 2.05) is 12.1 Å². The fourth-order valence-electron chi connectivity index (χ4n) is 5.68. The maximum Gasteiger partial charge on any atom is 0.185 e. The Morgan fingerprint density at radius 2 is 1.82 bits per heavy atom. The standard InChI is InChI=1S/C32H51N3O4/c1-2-3-5-12-27(36)18-17-24-20-26(31(37)30(22-24)39-29-15-8-9-16-29)21-25(11-10-19-35-32(33)34)23-38-28-13-6-4-7-14-28/h5,12,20,22,25,28-29,37H,2-4,6-11,13-19,21,23H2,1H3,(H4,33,34,35)/b12-5+/t25-/m0/s1. The van der Waals surface area contributed by atoms with Crippen molar-refractivity contribution < 1.29 is 19.4 Å². The molecule has 0 aromatic heterocycles. The molecule has 0 bridgehead atoms. The van der Waals surface area contributed by atoms with Gasteiger partial charge in [0.15, 0.2) is 23.2 Å². The summed E-state index contributed by atoms with van der Waals surface area (Å²) in [5.41, 5.74) is 12.9. The van der Waals surface area contributed by atoms with Gasteiger partial charge in [-0.25, -0.2) is 0 Å². The molecule has 39 heavy (non-hydrogen) atoms. The fourth-order valence-corrected chi connectivity index (χ4v) is 5.68. The van der Waals surface area contributed by atoms with E-state index in [1.165, 1.54) is 19.3 Å². The van der Waals surface area contributed by atoms with Gasteiger partial charge >= 0.3 is 0 Å². The second-order valence-corrected chi connectivity index (χ2v) is 11.4. The third kappa shape index (κ3) is 11.6. The molecule has 0 saturated heterocycles. The molecule has 0 unspecified atom stereocenters. The summed E-state index contributed by atoms with van der Waals surface area (Å²) in [4.78, 5) is 16.6. The van der Waals surface area contributed by atoms with Crippen LogP contribution in [0.25, 0.3) is 0 Å². The van der Waals surface area contributed by atoms with E-state index in [9.17, 15) is 9.90 Å². The van der Waals surface area contributed by atoms with Gasteiger partial charge in [-0.2, -0.15) is 0 Å². The number of hydrogen-bond acceptors (Lipinski definition) is 5. The van der Waals surface area contributed by atoms with Gasteiger partial charge in [-0.3, -0.25) is 9.79 Å². The molecule has 0 spiro atoms. The van der Waals surface area contributed by atoms with E-state index in [2.05, 4.69) is 18.0 Å². The maximum atomic E-state index is 12.4. The number of aliphatic imine (C=N–C) groups is 1. The predicted molar refractivity (Wildman–Crippen MR) is 158 cm³/mol. The Morgan fingerprint density at radius 1 is 1.10 bits per heavy atom. The smallest absolute Gasteiger partial charge is 0.185 e. The lowest BCUT2D eigenvalue weighted by molar-refractivity contribution is -0.114. The quantitative estimate of drug-likeness (QED) is 0.0944. The number of allylic oxidation sites excluding steroid dienone is 2. The van der Waals surface area contributed by atoms with Crippen LogP contribution in [0.3, 0.4) is 0 Å². The van der Waals surface area contributed by atoms with Crippen LogP contribution in [0.15, 0.2) is 29.3 Å². The lowest BCUT2D eigenvalue weighted by atomic mass is 9.92. The molecule has 7 nitrogen and oxygen atoms in total. The highest BCUT2D eigenvalue weighted by atomic mass is 16.5. The molecule has 1 aromatic carbocycles. The number of aryl methyl sites for hydroxylation is 1. The number of benzene rings is 1. The molecular weight excluding hydrogens is 490 g/mol. The van der Waals surface area contributed by atoms with Crippen LogP contribution in [0.5, 0.6) is 11.5 Å². The van der Waals surface area contributed by atoms with Crippen molar-refractivity contribution in [2.45, 2.75) is 122 Å². The number of rotatable bonds is 17. The Bertz CT molecular complexity index is 930. The fraction of sp³-hybridized carbons (Fsp3) is 0.688. The van der Waals surface area contributed by atoms with Crippen LogP contribution in [-0.2, 0) is 22.4 Å². The summed E-state index contributed by atoms with van der Waals surface area (Å²) < 4.78 is 12.7. The molecule has 0 radical (unpaired) electrons. The van der Waals surface area contributed by atoms with E-state index in [4.69, 9.17) is 20.9 Å². The second kappa shape index (κ2) is 17.2. The van der Waals surface area contributed by atoms with E-state index in [-0.39, 0.29) is 29.5 Å². The summed E-state index contributed by atoms with van der Waals surface area (Å²) >= 11 is 0. The van der Waals surface area contributed by atoms with Gasteiger partial charge in [-0.05, 0) is 99.8 Å². The SMILES string of the molecule is CCC/C=C/C(=O)CCc1cc(C[C@H](CCCN=C(N)N)COC2CCCCC2)c(O)c(OC2CCCC2)c1. The highest BCUT2D eigenvalue weighted by Crippen LogP contribution is 2.37. The molecule has 3 rings (SSSR count). The van der Waals surface area contributed by atoms with Crippen molar-refractivity contribution in [1.82, 2.24) is 0 Å². The first-order valence-electron chi connectivity index (χ1n) is 15.3. The van der Waals surface area contributed by atoms with Crippen molar-refractivity contribution in [2.24, 2.45) is 22.4 Å². The van der Waals surface area contributed by atoms with Crippen LogP contribution in [0, 0.1) is 5.92 Å². The molecule has 0 aliphatic heterocycles. The number of guanidine groups is 1. The molecule has 0 heterocycles. The number of nitrogens with two attached hydrogens (primary N) is 2. The number of hydrogen-bond donors (Lipinski definition) is 3. The van der Waals surface area contributed by atoms with E-state index >= 15 is 0 Å². The van der Waals surface area contributed by atoms with E-state index in [0.717, 1.165) is 75.3 Å². The van der Waals surface area contributed by atoms with Crippen molar-refractivity contribution in [2.75, 3.05) is 13.2 Å². The summed E-state index contributed by atoms with van der Waals surface area (Å²) in [6, 6.07) is 4.00. The minimum absolute atomic E-state index is 0.114. The maximum absolute atomic E-state index is 12.4. The Hall–Kier alpha value is -2.54. The van der Waals surface area contributed by atoms with Gasteiger partial charge in [0.2, 0.25) is 0 Å². The monoisotopic (exact) mass is 541 g/mol. The number of ether oxygens (including phenoxy) is 2. The van der Waals surface area contributed by atoms with Crippen LogP contribution >= 0.6 is 0 Å². The zero-order chi connectivity index (χ0) is 27.9. The van der Waals surface area contributed by atoms with E-state index in [0.29, 0.717) is 44.3 Å². The van der Waals surface area contributed by atoms with Gasteiger partial charge in [0.25, 0.3) is 0 Å². The summed E-state index contributed by atoms with van der Waals surface area (Å²) in [7, 11) is 0. The van der Waals surface area contributed by atoms with Crippen molar-refractivity contribution in [3.05, 3.63) is 35.4 Å². The Kier molecular flexibility index (Phi) is 13.7. The molecule has 2 aliphatic carbocycles. The first kappa shape index (κ1) is 31.0. The number of phenolic OH excluding ortho intramolecular Hbond substituents is 1. The molecule has 0 amide bonds. The highest BCUT2D eigenvalue weighted by molar-refractivity contribution is 5.89. The largest absolute Gasteiger partial charge is 0.504 e. The van der Waals surface area contributed by atoms with Crippen molar-refractivity contribution in [3.63, 3.8) is 0 Å². The third-order valence-electron chi connectivity index (χ3n) is 7.92. The zero-order valence-electron chi connectivity index (χ0n) is 24.0. The molecule has 7 heteroatoms. The lowest BCUT2D eigenvalue weighted by Gasteiger charge is -2.26. The molecule has 1 atom stereocenters. The number of carbonyl (C=O) groups excluding carboxylic acids is 1. The first-order chi connectivity index (χ1) is 18.9. The topological polar surface area (TPSA) is 120 Å². The van der Waals surface area contributed by atoms with Crippen LogP contribution in [0.2, 0.25) is 0 Å². The normalized spacial score (nSPS) is 17.5. The molecule has 5 N–H and O–H groups in total. The van der Waals surface area contributed by atoms with Crippen LogP contribution in [0.4, 0.5) is 0 Å². The number of aromatic hydroxyl groups is 1. The minimum atomic E-state index is 0.114. The molecule has 1 aromatic rings. The molecule has 2 fully saturated rings. The van der Waals surface area contributed by atoms with Gasteiger partial charge in [-0.1, -0.05) is 44.7 Å². The van der Waals surface area contributed by atoms with Crippen molar-refractivity contribution in [3.8, 4) is 11.5 Å². The van der Waals surface area contributed by atoms with Gasteiger partial charge in [-0.15, -0.1) is 0 Å². The number of phenols is 1. The van der Waals surface area contributed by atoms with E-state index in [1.54, 1.807) is 6.08 Å². The Labute approximate surface area is 235 Å². The number of ketones is 1. The van der Waals surface area contributed by atoms with Gasteiger partial charge < -0.3 is 26.0 Å². The Balaban J connectivity index is 1.75. The highest BCUT2D eigenvalue weighted by Gasteiger charge is 2.23. The van der Waals surface area contributed by atoms with Gasteiger partial charge in [0, 0.05) is 13.0 Å². The van der Waals surface area contributed by atoms with Crippen molar-refractivity contribution >= 4 is 11.7 Å². The number of unbranched alkanes of at least 4 members (excludes halogenated alkanes) is 1. The lowest BCUT2D eigenvalue weighted by Crippen LogP contribution is -2.24. The summed E-state index contributed by atoms with van der Waals surface area (Å²) in [5, 5.41) is 11.3. The third-order valence-corrected chi connectivity index (χ3v) is 7.92. The van der Waals surface area contributed by atoms with Crippen molar-refractivity contribution in [1.29, 1.82) is 0 Å². The average molecular weight is 542 g/mol. The van der Waals surface area contributed by atoms with Gasteiger partial charge in [0.05, 0.1) is 18.8 Å². The van der Waals surface area contributed by atoms with Crippen LogP contribution in [-0.4, -0.2) is 42.2 Å². The minimum Gasteiger partial charge on any atom is -0.504 e. The van der Waals surface area contributed by atoms with Crippen LogP contribution in [0.1, 0.15) is 108 Å². The Morgan fingerprint density at radius 3 is 2.54 bits per heavy atom. The molecule has 2 aliphatic rings. The summed E-state index contributed by atoms with van der Waals surface area (Å²) in [6.07, 6.45) is 19.9. The summed E-state index contributed by atoms with van der Waals surface area (Å²) in [5.74, 6) is 1.25. The summed E-state index contributed by atoms with van der Waals surface area (Å²) in [6.45, 7) is 3.33. The average Bonchev–Trinajstić information content (AvgIpc) is 3.44. The molecule has 2 saturated carbocycles. The zero-order valence-corrected chi connectivity index (χ0v) is 24.0. The number of nitrogens with zero attached hydrogens (tertiary/aromatic N) is 1. The molecule has 218 valence electrons. The first-order valence-corrected chi connectivity index (χ1v) is 15.3. The number of carbonyl (C=O) groups is 1. The van der Waals surface area contributed by atoms with E-state index < -0.39 is 0 Å². The van der Waals surface area contributed by atoms with Crippen LogP contribution < -0.4 is 16.2 Å². The second-order valence-electron chi connectivity index (χ2n) is 11.4. The predicted octanol–water partition coefficient (Wildman–Crippen LogP) is 6.13. The molecular formula is C32H51N3O4.